The van der Waals surface area contributed by atoms with Crippen molar-refractivity contribution in [2.45, 2.75) is 32.8 Å². The Balaban J connectivity index is 2.01. The van der Waals surface area contributed by atoms with Gasteiger partial charge in [0.2, 0.25) is 0 Å². The summed E-state index contributed by atoms with van der Waals surface area (Å²) in [5.41, 5.74) is 3.14. The Morgan fingerprint density at radius 1 is 1.04 bits per heavy atom. The van der Waals surface area contributed by atoms with E-state index in [9.17, 15) is 4.79 Å². The van der Waals surface area contributed by atoms with Crippen LogP contribution < -0.4 is 5.01 Å². The van der Waals surface area contributed by atoms with Gasteiger partial charge < -0.3 is 4.74 Å². The van der Waals surface area contributed by atoms with Gasteiger partial charge in [-0.2, -0.15) is 10.1 Å². The van der Waals surface area contributed by atoms with Crippen LogP contribution in [0.3, 0.4) is 0 Å². The van der Waals surface area contributed by atoms with E-state index in [1.807, 2.05) is 75.4 Å². The Morgan fingerprint density at radius 2 is 1.70 bits per heavy atom. The average molecular weight is 308 g/mol. The van der Waals surface area contributed by atoms with Gasteiger partial charge in [-0.05, 0) is 38.0 Å². The van der Waals surface area contributed by atoms with Crippen molar-refractivity contribution in [1.82, 2.24) is 0 Å². The second kappa shape index (κ2) is 5.88. The summed E-state index contributed by atoms with van der Waals surface area (Å²) in [6.45, 7) is 5.55. The molecule has 1 aliphatic rings. The molecule has 0 spiro atoms. The van der Waals surface area contributed by atoms with Crippen LogP contribution in [0.2, 0.25) is 0 Å². The third-order valence-electron chi connectivity index (χ3n) is 3.47. The lowest BCUT2D eigenvalue weighted by Gasteiger charge is -2.29. The van der Waals surface area contributed by atoms with Crippen molar-refractivity contribution in [3.05, 3.63) is 65.7 Å². The lowest BCUT2D eigenvalue weighted by Crippen LogP contribution is -2.37. The van der Waals surface area contributed by atoms with E-state index in [0.717, 1.165) is 22.5 Å². The van der Waals surface area contributed by atoms with Crippen LogP contribution >= 0.6 is 0 Å². The van der Waals surface area contributed by atoms with Gasteiger partial charge in [0, 0.05) is 6.42 Å². The molecule has 1 aliphatic heterocycles. The maximum absolute atomic E-state index is 12.5. The summed E-state index contributed by atoms with van der Waals surface area (Å²) in [5.74, 6) is 0. The highest BCUT2D eigenvalue weighted by Crippen LogP contribution is 2.29. The third-order valence-corrected chi connectivity index (χ3v) is 3.47. The molecule has 1 amide bonds. The third kappa shape index (κ3) is 3.42. The maximum atomic E-state index is 12.5. The minimum absolute atomic E-state index is 0.460. The summed E-state index contributed by atoms with van der Waals surface area (Å²) >= 11 is 0. The van der Waals surface area contributed by atoms with Crippen LogP contribution in [0.4, 0.5) is 10.5 Å². The molecule has 0 aliphatic carbocycles. The fraction of sp³-hybridized carbons (Fsp3) is 0.263. The number of ether oxygens (including phenoxy) is 1. The summed E-state index contributed by atoms with van der Waals surface area (Å²) in [4.78, 5) is 12.5. The highest BCUT2D eigenvalue weighted by atomic mass is 16.6. The number of hydrazone groups is 1. The molecule has 0 unspecified atom stereocenters. The maximum Gasteiger partial charge on any atom is 0.435 e. The molecule has 3 rings (SSSR count). The smallest absolute Gasteiger partial charge is 0.435 e. The number of nitrogens with zero attached hydrogens (tertiary/aromatic N) is 2. The van der Waals surface area contributed by atoms with Gasteiger partial charge >= 0.3 is 6.09 Å². The van der Waals surface area contributed by atoms with E-state index >= 15 is 0 Å². The molecule has 4 heteroatoms. The van der Waals surface area contributed by atoms with E-state index in [1.165, 1.54) is 5.01 Å². The minimum Gasteiger partial charge on any atom is -0.442 e. The first-order valence-corrected chi connectivity index (χ1v) is 7.68. The number of hydrogen-bond acceptors (Lipinski definition) is 3. The topological polar surface area (TPSA) is 41.9 Å². The molecule has 0 atom stereocenters. The molecular formula is C19H20N2O2. The number of rotatable bonds is 1. The second-order valence-electron chi connectivity index (χ2n) is 6.51. The van der Waals surface area contributed by atoms with E-state index in [2.05, 4.69) is 5.10 Å². The van der Waals surface area contributed by atoms with Crippen LogP contribution in [-0.2, 0) is 11.2 Å². The van der Waals surface area contributed by atoms with Gasteiger partial charge in [-0.1, -0.05) is 48.5 Å². The number of carbonyl (C=O) groups is 1. The number of para-hydroxylation sites is 1. The predicted octanol–water partition coefficient (Wildman–Crippen LogP) is 4.39. The Kier molecular flexibility index (Phi) is 3.90. The molecule has 118 valence electrons. The molecule has 0 bridgehead atoms. The Labute approximate surface area is 136 Å². The molecule has 0 N–H and O–H groups in total. The highest BCUT2D eigenvalue weighted by molar-refractivity contribution is 6.07. The standard InChI is InChI=1S/C19H20N2O2/c1-19(2,3)23-18(22)21-17-12-8-7-11-15(17)13-16(20-21)14-9-5-4-6-10-14/h4-12H,13H2,1-3H3. The monoisotopic (exact) mass is 308 g/mol. The number of amides is 1. The Hall–Kier alpha value is -2.62. The lowest BCUT2D eigenvalue weighted by molar-refractivity contribution is 0.0580. The molecule has 4 nitrogen and oxygen atoms in total. The molecule has 23 heavy (non-hydrogen) atoms. The highest BCUT2D eigenvalue weighted by Gasteiger charge is 2.28. The van der Waals surface area contributed by atoms with Crippen molar-refractivity contribution < 1.29 is 9.53 Å². The number of fused-ring (bicyclic) bond motifs is 1. The van der Waals surface area contributed by atoms with E-state index in [4.69, 9.17) is 4.74 Å². The number of hydrogen-bond donors (Lipinski definition) is 0. The summed E-state index contributed by atoms with van der Waals surface area (Å²) in [5, 5.41) is 5.92. The van der Waals surface area contributed by atoms with Crippen LogP contribution in [0, 0.1) is 0 Å². The SMILES string of the molecule is CC(C)(C)OC(=O)N1N=C(c2ccccc2)Cc2ccccc21. The molecule has 0 saturated heterocycles. The van der Waals surface area contributed by atoms with Gasteiger partial charge in [0.15, 0.2) is 0 Å². The van der Waals surface area contributed by atoms with E-state index < -0.39 is 11.7 Å². The van der Waals surface area contributed by atoms with Gasteiger partial charge in [0.05, 0.1) is 11.4 Å². The first-order valence-electron chi connectivity index (χ1n) is 7.68. The molecule has 2 aromatic rings. The molecule has 1 heterocycles. The predicted molar refractivity (Wildman–Crippen MR) is 91.8 cm³/mol. The van der Waals surface area contributed by atoms with Gasteiger partial charge in [-0.25, -0.2) is 4.79 Å². The zero-order chi connectivity index (χ0) is 16.4. The minimum atomic E-state index is -0.564. The fourth-order valence-corrected chi connectivity index (χ4v) is 2.49. The molecular weight excluding hydrogens is 288 g/mol. The summed E-state index contributed by atoms with van der Waals surface area (Å²) in [6.07, 6.45) is 0.234. The molecule has 0 radical (unpaired) electrons. The van der Waals surface area contributed by atoms with Crippen molar-refractivity contribution in [2.24, 2.45) is 5.10 Å². The summed E-state index contributed by atoms with van der Waals surface area (Å²) in [6, 6.07) is 17.7. The largest absolute Gasteiger partial charge is 0.442 e. The number of carbonyl (C=O) groups excluding carboxylic acids is 1. The average Bonchev–Trinajstić information content (AvgIpc) is 2.53. The van der Waals surface area contributed by atoms with Crippen LogP contribution in [0.1, 0.15) is 31.9 Å². The van der Waals surface area contributed by atoms with Gasteiger partial charge in [-0.3, -0.25) is 0 Å². The van der Waals surface area contributed by atoms with E-state index in [-0.39, 0.29) is 0 Å². The second-order valence-corrected chi connectivity index (χ2v) is 6.51. The summed E-state index contributed by atoms with van der Waals surface area (Å²) in [7, 11) is 0. The number of anilines is 1. The van der Waals surface area contributed by atoms with Crippen molar-refractivity contribution in [3.8, 4) is 0 Å². The molecule has 2 aromatic carbocycles. The fourth-order valence-electron chi connectivity index (χ4n) is 2.49. The lowest BCUT2D eigenvalue weighted by atomic mass is 9.99. The zero-order valence-electron chi connectivity index (χ0n) is 13.6. The van der Waals surface area contributed by atoms with Gasteiger partial charge in [0.1, 0.15) is 5.60 Å². The number of benzene rings is 2. The van der Waals surface area contributed by atoms with Crippen molar-refractivity contribution in [2.75, 3.05) is 5.01 Å². The van der Waals surface area contributed by atoms with Crippen molar-refractivity contribution in [1.29, 1.82) is 0 Å². The first kappa shape index (κ1) is 15.3. The van der Waals surface area contributed by atoms with Crippen LogP contribution in [0.15, 0.2) is 59.7 Å². The van der Waals surface area contributed by atoms with Crippen LogP contribution in [0.25, 0.3) is 0 Å². The van der Waals surface area contributed by atoms with Crippen LogP contribution in [0.5, 0.6) is 0 Å². The summed E-state index contributed by atoms with van der Waals surface area (Å²) < 4.78 is 5.50. The van der Waals surface area contributed by atoms with E-state index in [1.54, 1.807) is 0 Å². The van der Waals surface area contributed by atoms with Crippen LogP contribution in [-0.4, -0.2) is 17.4 Å². The van der Waals surface area contributed by atoms with Gasteiger partial charge in [0.25, 0.3) is 0 Å². The quantitative estimate of drug-likeness (QED) is 0.784. The molecule has 0 aromatic heterocycles. The Bertz CT molecular complexity index is 745. The molecule has 0 saturated carbocycles. The van der Waals surface area contributed by atoms with E-state index in [0.29, 0.717) is 6.42 Å². The van der Waals surface area contributed by atoms with Crippen molar-refractivity contribution >= 4 is 17.5 Å². The zero-order valence-corrected chi connectivity index (χ0v) is 13.6. The van der Waals surface area contributed by atoms with Gasteiger partial charge in [-0.15, -0.1) is 0 Å². The van der Waals surface area contributed by atoms with Crippen molar-refractivity contribution in [3.63, 3.8) is 0 Å². The molecule has 0 fully saturated rings. The normalized spacial score (nSPS) is 14.0. The Morgan fingerprint density at radius 3 is 2.39 bits per heavy atom. The first-order chi connectivity index (χ1) is 10.9.